The molecule has 0 saturated heterocycles. The summed E-state index contributed by atoms with van der Waals surface area (Å²) >= 11 is -0.509. The van der Waals surface area contributed by atoms with Gasteiger partial charge < -0.3 is 9.84 Å². The third-order valence-corrected chi connectivity index (χ3v) is 6.28. The van der Waals surface area contributed by atoms with E-state index in [2.05, 4.69) is 0 Å². The molecule has 2 aromatic rings. The topological polar surface area (TPSA) is 29.5 Å². The number of aliphatic hydroxyl groups excluding tert-OH is 1. The minimum absolute atomic E-state index is 0.0326. The Morgan fingerprint density at radius 3 is 2.25 bits per heavy atom. The molecule has 1 aliphatic carbocycles. The molecule has 10 heteroatoms. The first-order valence-electron chi connectivity index (χ1n) is 11.6. The fourth-order valence-corrected chi connectivity index (χ4v) is 4.85. The zero-order valence-electron chi connectivity index (χ0n) is 21.0. The highest BCUT2D eigenvalue weighted by molar-refractivity contribution is 8.00. The van der Waals surface area contributed by atoms with Crippen molar-refractivity contribution in [3.8, 4) is 0 Å². The van der Waals surface area contributed by atoms with E-state index < -0.39 is 64.0 Å². The minimum Gasteiger partial charge on any atom is -0.388 e. The Morgan fingerprint density at radius 1 is 1.11 bits per heavy atom. The van der Waals surface area contributed by atoms with Crippen molar-refractivity contribution in [2.75, 3.05) is 0 Å². The number of rotatable bonds is 6. The lowest BCUT2D eigenvalue weighted by Crippen LogP contribution is -2.32. The van der Waals surface area contributed by atoms with E-state index in [0.29, 0.717) is 6.07 Å². The molecule has 36 heavy (non-hydrogen) atoms. The first-order valence-corrected chi connectivity index (χ1v) is 12.5. The zero-order chi connectivity index (χ0) is 27.6. The monoisotopic (exact) mass is 540 g/mol. The van der Waals surface area contributed by atoms with Gasteiger partial charge in [0.05, 0.1) is 11.7 Å². The fraction of sp³-hybridized carbons (Fsp3) is 0.538. The smallest absolute Gasteiger partial charge is 0.388 e. The SMILES string of the molecule is CC.CC[C@@H](O)c1cc(F)cc(F)c1Cc1ccc(SC(F)(F)F)c2c1CC(F)(F)C2OC(C)(C)C. The molecule has 0 radical (unpaired) electrons. The fourth-order valence-electron chi connectivity index (χ4n) is 4.12. The first-order chi connectivity index (χ1) is 16.5. The molecular weight excluding hydrogens is 509 g/mol. The molecule has 0 saturated carbocycles. The number of fused-ring (bicyclic) bond motifs is 1. The molecule has 1 N–H and O–H groups in total. The molecule has 2 aromatic carbocycles. The van der Waals surface area contributed by atoms with Crippen LogP contribution in [0.4, 0.5) is 30.7 Å². The molecule has 0 aromatic heterocycles. The Hall–Kier alpha value is -1.78. The van der Waals surface area contributed by atoms with Gasteiger partial charge >= 0.3 is 5.51 Å². The van der Waals surface area contributed by atoms with Gasteiger partial charge in [0.25, 0.3) is 5.92 Å². The van der Waals surface area contributed by atoms with Gasteiger partial charge in [0.1, 0.15) is 17.7 Å². The van der Waals surface area contributed by atoms with Crippen molar-refractivity contribution in [2.45, 2.75) is 94.9 Å². The van der Waals surface area contributed by atoms with Gasteiger partial charge in [0.15, 0.2) is 0 Å². The van der Waals surface area contributed by atoms with Crippen molar-refractivity contribution < 1.29 is 40.6 Å². The van der Waals surface area contributed by atoms with Crippen LogP contribution in [0.25, 0.3) is 0 Å². The molecular formula is C26H31F7O2S. The Labute approximate surface area is 211 Å². The van der Waals surface area contributed by atoms with Crippen LogP contribution in [-0.4, -0.2) is 22.1 Å². The summed E-state index contributed by atoms with van der Waals surface area (Å²) in [6.07, 6.45) is -4.18. The number of thioether (sulfide) groups is 1. The predicted octanol–water partition coefficient (Wildman–Crippen LogP) is 8.68. The molecule has 202 valence electrons. The second-order valence-electron chi connectivity index (χ2n) is 9.27. The third-order valence-electron chi connectivity index (χ3n) is 5.48. The second kappa shape index (κ2) is 11.3. The molecule has 0 heterocycles. The van der Waals surface area contributed by atoms with Crippen molar-refractivity contribution >= 4 is 11.8 Å². The van der Waals surface area contributed by atoms with Crippen molar-refractivity contribution in [2.24, 2.45) is 0 Å². The predicted molar refractivity (Wildman–Crippen MR) is 126 cm³/mol. The summed E-state index contributed by atoms with van der Waals surface area (Å²) < 4.78 is 104. The van der Waals surface area contributed by atoms with Crippen LogP contribution in [0.5, 0.6) is 0 Å². The summed E-state index contributed by atoms with van der Waals surface area (Å²) in [5, 5.41) is 10.3. The normalized spacial score (nSPS) is 17.9. The van der Waals surface area contributed by atoms with Crippen LogP contribution in [0.15, 0.2) is 29.2 Å². The first kappa shape index (κ1) is 30.4. The zero-order valence-corrected chi connectivity index (χ0v) is 21.8. The lowest BCUT2D eigenvalue weighted by molar-refractivity contribution is -0.174. The van der Waals surface area contributed by atoms with Crippen LogP contribution in [0.2, 0.25) is 0 Å². The lowest BCUT2D eigenvalue weighted by atomic mass is 9.91. The maximum atomic E-state index is 15.1. The Morgan fingerprint density at radius 2 is 1.72 bits per heavy atom. The van der Waals surface area contributed by atoms with Crippen LogP contribution >= 0.6 is 11.8 Å². The Kier molecular flexibility index (Phi) is 9.56. The molecule has 0 aliphatic heterocycles. The highest BCUT2D eigenvalue weighted by atomic mass is 32.2. The van der Waals surface area contributed by atoms with Gasteiger partial charge in [-0.1, -0.05) is 26.8 Å². The maximum absolute atomic E-state index is 15.1. The maximum Gasteiger partial charge on any atom is 0.446 e. The van der Waals surface area contributed by atoms with E-state index in [4.69, 9.17) is 4.74 Å². The molecule has 0 bridgehead atoms. The van der Waals surface area contributed by atoms with E-state index >= 15 is 8.78 Å². The van der Waals surface area contributed by atoms with E-state index in [0.717, 1.165) is 12.1 Å². The average molecular weight is 541 g/mol. The number of hydrogen-bond donors (Lipinski definition) is 1. The molecule has 3 rings (SSSR count). The number of ether oxygens (including phenoxy) is 1. The molecule has 1 aliphatic rings. The molecule has 0 spiro atoms. The number of halogens is 7. The van der Waals surface area contributed by atoms with Crippen molar-refractivity contribution in [3.63, 3.8) is 0 Å². The van der Waals surface area contributed by atoms with Crippen molar-refractivity contribution in [1.82, 2.24) is 0 Å². The van der Waals surface area contributed by atoms with Crippen LogP contribution in [0.1, 0.15) is 88.0 Å². The van der Waals surface area contributed by atoms with Crippen LogP contribution in [0.3, 0.4) is 0 Å². The summed E-state index contributed by atoms with van der Waals surface area (Å²) in [5.74, 6) is -5.38. The van der Waals surface area contributed by atoms with Gasteiger partial charge in [-0.25, -0.2) is 17.6 Å². The van der Waals surface area contributed by atoms with Crippen LogP contribution < -0.4 is 0 Å². The molecule has 0 amide bonds. The van der Waals surface area contributed by atoms with Gasteiger partial charge in [-0.15, -0.1) is 0 Å². The molecule has 2 atom stereocenters. The van der Waals surface area contributed by atoms with Crippen molar-refractivity contribution in [1.29, 1.82) is 0 Å². The standard InChI is InChI=1S/C24H25F7O2S.C2H6/c1-5-18(32)15-9-13(25)10-17(26)14(15)8-12-6-7-19(34-24(29,30)31)20-16(12)11-23(27,28)21(20)33-22(2,3)4;1-2/h6-7,9-10,18,21,32H,5,8,11H2,1-4H3;1-2H3/t18-,21?;/m1./s1. The number of hydrogen-bond acceptors (Lipinski definition) is 3. The second-order valence-corrected chi connectivity index (χ2v) is 10.4. The summed E-state index contributed by atoms with van der Waals surface area (Å²) in [7, 11) is 0. The molecule has 2 nitrogen and oxygen atoms in total. The lowest BCUT2D eigenvalue weighted by Gasteiger charge is -2.30. The van der Waals surface area contributed by atoms with Crippen LogP contribution in [0, 0.1) is 11.6 Å². The highest BCUT2D eigenvalue weighted by Crippen LogP contribution is 2.53. The molecule has 1 unspecified atom stereocenters. The quantitative estimate of drug-likeness (QED) is 0.294. The average Bonchev–Trinajstić information content (AvgIpc) is 3.00. The largest absolute Gasteiger partial charge is 0.446 e. The van der Waals surface area contributed by atoms with Gasteiger partial charge in [-0.05, 0) is 73.3 Å². The number of alkyl halides is 5. The van der Waals surface area contributed by atoms with Crippen LogP contribution in [-0.2, 0) is 17.6 Å². The summed E-state index contributed by atoms with van der Waals surface area (Å²) in [6, 6.07) is 3.91. The van der Waals surface area contributed by atoms with Gasteiger partial charge in [0, 0.05) is 29.4 Å². The van der Waals surface area contributed by atoms with E-state index in [1.165, 1.54) is 26.8 Å². The van der Waals surface area contributed by atoms with Gasteiger partial charge in [0.2, 0.25) is 0 Å². The van der Waals surface area contributed by atoms with E-state index in [-0.39, 0.29) is 40.7 Å². The summed E-state index contributed by atoms with van der Waals surface area (Å²) in [6.45, 7) is 10.2. The Bertz CT molecular complexity index is 1060. The Balaban J connectivity index is 0.00000222. The number of aliphatic hydroxyl groups is 1. The third kappa shape index (κ3) is 7.16. The minimum atomic E-state index is -4.72. The van der Waals surface area contributed by atoms with E-state index in [9.17, 15) is 27.1 Å². The van der Waals surface area contributed by atoms with E-state index in [1.54, 1.807) is 6.92 Å². The van der Waals surface area contributed by atoms with Gasteiger partial charge in [-0.2, -0.15) is 13.2 Å². The molecule has 0 fully saturated rings. The van der Waals surface area contributed by atoms with Crippen molar-refractivity contribution in [3.05, 3.63) is 63.7 Å². The summed E-state index contributed by atoms with van der Waals surface area (Å²) in [4.78, 5) is -0.411. The van der Waals surface area contributed by atoms with Gasteiger partial charge in [-0.3, -0.25) is 0 Å². The summed E-state index contributed by atoms with van der Waals surface area (Å²) in [5.41, 5.74) is -6.11. The highest BCUT2D eigenvalue weighted by Gasteiger charge is 2.52. The van der Waals surface area contributed by atoms with E-state index in [1.807, 2.05) is 13.8 Å². The number of benzene rings is 2.